The summed E-state index contributed by atoms with van der Waals surface area (Å²) in [4.78, 5) is 11.2. The minimum absolute atomic E-state index is 0.0728. The predicted molar refractivity (Wildman–Crippen MR) is 56.3 cm³/mol. The molecule has 0 saturated carbocycles. The Morgan fingerprint density at radius 1 is 1.44 bits per heavy atom. The average molecular weight is 265 g/mol. The van der Waals surface area contributed by atoms with Crippen LogP contribution in [-0.4, -0.2) is 31.9 Å². The fourth-order valence-corrected chi connectivity index (χ4v) is 1.11. The maximum absolute atomic E-state index is 12.6. The molecule has 0 heterocycles. The Kier molecular flexibility index (Phi) is 4.52. The van der Waals surface area contributed by atoms with Gasteiger partial charge in [0.05, 0.1) is 0 Å². The van der Waals surface area contributed by atoms with E-state index in [0.717, 1.165) is 0 Å². The molecule has 0 saturated heterocycles. The number of carbonyl (C=O) groups excluding carboxylic acids is 1. The number of hydrogen-bond donors (Lipinski definition) is 1. The fourth-order valence-electron chi connectivity index (χ4n) is 1.11. The molecule has 1 rings (SSSR count). The van der Waals surface area contributed by atoms with Crippen molar-refractivity contribution >= 4 is 5.91 Å². The average Bonchev–Trinajstić information content (AvgIpc) is 2.35. The van der Waals surface area contributed by atoms with E-state index in [2.05, 4.69) is 10.1 Å². The van der Waals surface area contributed by atoms with E-state index in [1.54, 1.807) is 0 Å². The third-order valence-electron chi connectivity index (χ3n) is 2.07. The molecule has 1 aromatic carbocycles. The van der Waals surface area contributed by atoms with Crippen LogP contribution in [0.25, 0.3) is 0 Å². The van der Waals surface area contributed by atoms with Crippen molar-refractivity contribution < 1.29 is 27.1 Å². The number of alkyl halides is 4. The van der Waals surface area contributed by atoms with Crippen LogP contribution in [0.1, 0.15) is 10.4 Å². The zero-order chi connectivity index (χ0) is 13.8. The van der Waals surface area contributed by atoms with Gasteiger partial charge in [0.15, 0.2) is 6.61 Å². The topological polar surface area (TPSA) is 38.3 Å². The van der Waals surface area contributed by atoms with Crippen LogP contribution >= 0.6 is 0 Å². The van der Waals surface area contributed by atoms with Crippen molar-refractivity contribution in [1.82, 2.24) is 5.32 Å². The molecule has 0 aliphatic heterocycles. The van der Waals surface area contributed by atoms with Gasteiger partial charge in [0.1, 0.15) is 5.75 Å². The minimum atomic E-state index is -4.22. The van der Waals surface area contributed by atoms with Gasteiger partial charge in [0.25, 0.3) is 5.91 Å². The molecule has 3 nitrogen and oxygen atoms in total. The number of hydrogen-bond acceptors (Lipinski definition) is 2. The quantitative estimate of drug-likeness (QED) is 0.830. The van der Waals surface area contributed by atoms with E-state index in [1.165, 1.54) is 31.3 Å². The van der Waals surface area contributed by atoms with Gasteiger partial charge >= 0.3 is 12.3 Å². The summed E-state index contributed by atoms with van der Waals surface area (Å²) in [6, 6.07) is 5.34. The summed E-state index contributed by atoms with van der Waals surface area (Å²) in [5, 5.41) is 2.34. The lowest BCUT2D eigenvalue weighted by Gasteiger charge is -2.16. The van der Waals surface area contributed by atoms with E-state index in [9.17, 15) is 22.4 Å². The van der Waals surface area contributed by atoms with Crippen molar-refractivity contribution in [1.29, 1.82) is 0 Å². The first-order valence-corrected chi connectivity index (χ1v) is 4.97. The van der Waals surface area contributed by atoms with Gasteiger partial charge in [-0.15, -0.1) is 0 Å². The third kappa shape index (κ3) is 3.61. The lowest BCUT2D eigenvalue weighted by Crippen LogP contribution is -2.33. The summed E-state index contributed by atoms with van der Waals surface area (Å²) in [6.45, 7) is -1.44. The van der Waals surface area contributed by atoms with Gasteiger partial charge in [-0.3, -0.25) is 4.79 Å². The summed E-state index contributed by atoms with van der Waals surface area (Å²) in [7, 11) is 1.40. The summed E-state index contributed by atoms with van der Waals surface area (Å²) < 4.78 is 53.5. The van der Waals surface area contributed by atoms with Gasteiger partial charge in [0, 0.05) is 12.6 Å². The van der Waals surface area contributed by atoms with Crippen LogP contribution in [0.2, 0.25) is 0 Å². The van der Waals surface area contributed by atoms with E-state index in [-0.39, 0.29) is 11.3 Å². The maximum atomic E-state index is 12.6. The van der Waals surface area contributed by atoms with E-state index < -0.39 is 24.9 Å². The van der Waals surface area contributed by atoms with Crippen LogP contribution in [0.3, 0.4) is 0 Å². The van der Waals surface area contributed by atoms with E-state index in [1.807, 2.05) is 0 Å². The van der Waals surface area contributed by atoms with Gasteiger partial charge in [-0.05, 0) is 18.2 Å². The number of amides is 1. The molecule has 100 valence electrons. The zero-order valence-electron chi connectivity index (χ0n) is 9.42. The molecule has 1 N–H and O–H groups in total. The lowest BCUT2D eigenvalue weighted by atomic mass is 10.2. The lowest BCUT2D eigenvalue weighted by molar-refractivity contribution is -0.148. The smallest absolute Gasteiger partial charge is 0.340 e. The van der Waals surface area contributed by atoms with Crippen LogP contribution in [0, 0.1) is 0 Å². The molecule has 0 aliphatic rings. The van der Waals surface area contributed by atoms with Crippen LogP contribution in [-0.2, 0) is 0 Å². The summed E-state index contributed by atoms with van der Waals surface area (Å²) in [6.07, 6.45) is -3.79. The second kappa shape index (κ2) is 5.70. The molecule has 0 fully saturated rings. The predicted octanol–water partition coefficient (Wildman–Crippen LogP) is 2.33. The van der Waals surface area contributed by atoms with Crippen LogP contribution in [0.4, 0.5) is 17.6 Å². The largest absolute Gasteiger partial charge is 0.487 e. The number of carbonyl (C=O) groups is 1. The highest BCUT2D eigenvalue weighted by atomic mass is 19.3. The van der Waals surface area contributed by atoms with Crippen molar-refractivity contribution in [3.8, 4) is 5.75 Å². The number of ether oxygens (including phenoxy) is 1. The standard InChI is InChI=1S/C11H11F4NO2/c1-16-9(17)7-3-2-4-8(5-7)18-6-11(14,15)10(12)13/h2-5,10H,6H2,1H3,(H,16,17). The van der Waals surface area contributed by atoms with Crippen LogP contribution < -0.4 is 10.1 Å². The van der Waals surface area contributed by atoms with E-state index in [4.69, 9.17) is 0 Å². The molecule has 0 radical (unpaired) electrons. The highest BCUT2D eigenvalue weighted by Gasteiger charge is 2.41. The number of benzene rings is 1. The van der Waals surface area contributed by atoms with Gasteiger partial charge in [-0.25, -0.2) is 8.78 Å². The fraction of sp³-hybridized carbons (Fsp3) is 0.364. The Morgan fingerprint density at radius 3 is 2.67 bits per heavy atom. The molecule has 0 aromatic heterocycles. The van der Waals surface area contributed by atoms with Gasteiger partial charge in [-0.2, -0.15) is 8.78 Å². The third-order valence-corrected chi connectivity index (χ3v) is 2.07. The minimum Gasteiger partial charge on any atom is -0.487 e. The van der Waals surface area contributed by atoms with E-state index in [0.29, 0.717) is 0 Å². The Labute approximate surface area is 101 Å². The molecule has 0 bridgehead atoms. The molecule has 0 spiro atoms. The van der Waals surface area contributed by atoms with Crippen LogP contribution in [0.5, 0.6) is 5.75 Å². The number of nitrogens with one attached hydrogen (secondary N) is 1. The van der Waals surface area contributed by atoms with Gasteiger partial charge in [-0.1, -0.05) is 6.07 Å². The summed E-state index contributed by atoms with van der Waals surface area (Å²) in [5.41, 5.74) is 0.190. The van der Waals surface area contributed by atoms with Gasteiger partial charge < -0.3 is 10.1 Å². The Morgan fingerprint density at radius 2 is 2.11 bits per heavy atom. The molecule has 0 atom stereocenters. The molecular weight excluding hydrogens is 254 g/mol. The molecule has 1 amide bonds. The van der Waals surface area contributed by atoms with Crippen molar-refractivity contribution in [3.05, 3.63) is 29.8 Å². The molecule has 1 aromatic rings. The first-order valence-electron chi connectivity index (χ1n) is 4.97. The van der Waals surface area contributed by atoms with Crippen molar-refractivity contribution in [2.24, 2.45) is 0 Å². The van der Waals surface area contributed by atoms with Gasteiger partial charge in [0.2, 0.25) is 0 Å². The molecular formula is C11H11F4NO2. The molecule has 7 heteroatoms. The Hall–Kier alpha value is -1.79. The second-order valence-corrected chi connectivity index (χ2v) is 3.46. The highest BCUT2D eigenvalue weighted by Crippen LogP contribution is 2.24. The normalized spacial score (nSPS) is 11.4. The Bertz CT molecular complexity index is 423. The van der Waals surface area contributed by atoms with Crippen molar-refractivity contribution in [2.45, 2.75) is 12.3 Å². The summed E-state index contributed by atoms with van der Waals surface area (Å²) in [5.74, 6) is -4.72. The SMILES string of the molecule is CNC(=O)c1cccc(OCC(F)(F)C(F)F)c1. The van der Waals surface area contributed by atoms with Crippen LogP contribution in [0.15, 0.2) is 24.3 Å². The Balaban J connectivity index is 2.72. The first-order chi connectivity index (χ1) is 8.36. The molecule has 18 heavy (non-hydrogen) atoms. The van der Waals surface area contributed by atoms with Crippen molar-refractivity contribution in [2.75, 3.05) is 13.7 Å². The molecule has 0 unspecified atom stereocenters. The maximum Gasteiger partial charge on any atom is 0.340 e. The van der Waals surface area contributed by atoms with Crippen molar-refractivity contribution in [3.63, 3.8) is 0 Å². The number of halogens is 4. The first kappa shape index (κ1) is 14.3. The molecule has 0 aliphatic carbocycles. The summed E-state index contributed by atoms with van der Waals surface area (Å²) >= 11 is 0. The number of rotatable bonds is 5. The zero-order valence-corrected chi connectivity index (χ0v) is 9.42. The van der Waals surface area contributed by atoms with E-state index >= 15 is 0 Å². The highest BCUT2D eigenvalue weighted by molar-refractivity contribution is 5.94. The monoisotopic (exact) mass is 265 g/mol. The second-order valence-electron chi connectivity index (χ2n) is 3.46.